The number of carbonyl (C=O) groups is 2. The molecule has 0 aliphatic carbocycles. The summed E-state index contributed by atoms with van der Waals surface area (Å²) in [6.07, 6.45) is 1.83. The van der Waals surface area contributed by atoms with Gasteiger partial charge in [0.15, 0.2) is 13.1 Å². The highest BCUT2D eigenvalue weighted by Gasteiger charge is 2.15. The van der Waals surface area contributed by atoms with Gasteiger partial charge in [-0.3, -0.25) is 9.59 Å². The lowest BCUT2D eigenvalue weighted by molar-refractivity contribution is -0.862. The van der Waals surface area contributed by atoms with E-state index in [4.69, 9.17) is 0 Å². The first kappa shape index (κ1) is 19.7. The number of anilines is 2. The second-order valence-electron chi connectivity index (χ2n) is 6.47. The van der Waals surface area contributed by atoms with E-state index in [1.165, 1.54) is 5.56 Å². The molecule has 0 saturated heterocycles. The molecule has 2 rings (SSSR count). The third-order valence-electron chi connectivity index (χ3n) is 4.24. The van der Waals surface area contributed by atoms with Gasteiger partial charge >= 0.3 is 0 Å². The predicted octanol–water partition coefficient (Wildman–Crippen LogP) is 1.90. The minimum atomic E-state index is -0.103. The third kappa shape index (κ3) is 6.01. The van der Waals surface area contributed by atoms with Gasteiger partial charge < -0.3 is 15.5 Å². The molecule has 0 aromatic heterocycles. The fourth-order valence-electron chi connectivity index (χ4n) is 2.78. The lowest BCUT2D eigenvalue weighted by Crippen LogP contribution is -3.11. The lowest BCUT2D eigenvalue weighted by Gasteiger charge is -2.15. The number of carbonyl (C=O) groups excluding carboxylic acids is 2. The van der Waals surface area contributed by atoms with Crippen LogP contribution in [0.1, 0.15) is 25.0 Å². The average Bonchev–Trinajstić information content (AvgIpc) is 2.62. The summed E-state index contributed by atoms with van der Waals surface area (Å²) in [5.74, 6) is -0.197. The summed E-state index contributed by atoms with van der Waals surface area (Å²) in [6, 6.07) is 15.6. The van der Waals surface area contributed by atoms with Crippen LogP contribution in [-0.4, -0.2) is 32.0 Å². The second kappa shape index (κ2) is 9.73. The summed E-state index contributed by atoms with van der Waals surface area (Å²) in [4.78, 5) is 25.2. The molecule has 1 atom stereocenters. The van der Waals surface area contributed by atoms with Crippen LogP contribution >= 0.6 is 0 Å². The van der Waals surface area contributed by atoms with Crippen LogP contribution in [0.25, 0.3) is 0 Å². The van der Waals surface area contributed by atoms with E-state index in [1.54, 1.807) is 0 Å². The van der Waals surface area contributed by atoms with Crippen LogP contribution in [0.3, 0.4) is 0 Å². The van der Waals surface area contributed by atoms with E-state index < -0.39 is 0 Å². The Morgan fingerprint density at radius 3 is 2.08 bits per heavy atom. The van der Waals surface area contributed by atoms with E-state index in [9.17, 15) is 9.59 Å². The minimum absolute atomic E-state index is 0.0940. The van der Waals surface area contributed by atoms with Gasteiger partial charge in [-0.1, -0.05) is 44.2 Å². The first-order valence-corrected chi connectivity index (χ1v) is 9.09. The highest BCUT2D eigenvalue weighted by atomic mass is 16.2. The number of amides is 2. The maximum Gasteiger partial charge on any atom is 0.279 e. The number of hydrogen-bond acceptors (Lipinski definition) is 2. The van der Waals surface area contributed by atoms with Crippen LogP contribution < -0.4 is 15.5 Å². The minimum Gasteiger partial charge on any atom is -0.322 e. The molecule has 0 aliphatic heterocycles. The summed E-state index contributed by atoms with van der Waals surface area (Å²) in [5.41, 5.74) is 3.95. The average molecular weight is 354 g/mol. The highest BCUT2D eigenvalue weighted by molar-refractivity contribution is 5.93. The zero-order valence-electron chi connectivity index (χ0n) is 15.8. The Labute approximate surface area is 155 Å². The maximum atomic E-state index is 12.2. The standard InChI is InChI=1S/C21H27N3O2/c1-4-16-10-12-18(13-11-16)22-20(25)14-24(3)15-21(26)23-19-9-7-6-8-17(19)5-2/h6-13H,4-5,14-15H2,1-3H3,(H,22,25)(H,23,26)/p+1. The Kier molecular flexibility index (Phi) is 7.36. The molecule has 5 nitrogen and oxygen atoms in total. The van der Waals surface area contributed by atoms with Crippen molar-refractivity contribution in [3.8, 4) is 0 Å². The number of aryl methyl sites for hydroxylation is 2. The number of para-hydroxylation sites is 1. The Bertz CT molecular complexity index is 741. The normalized spacial score (nSPS) is 11.7. The van der Waals surface area contributed by atoms with Gasteiger partial charge in [0.25, 0.3) is 11.8 Å². The van der Waals surface area contributed by atoms with Gasteiger partial charge in [0.1, 0.15) is 0 Å². The zero-order valence-corrected chi connectivity index (χ0v) is 15.8. The zero-order chi connectivity index (χ0) is 18.9. The first-order valence-electron chi connectivity index (χ1n) is 9.09. The topological polar surface area (TPSA) is 62.6 Å². The van der Waals surface area contributed by atoms with Crippen molar-refractivity contribution in [2.24, 2.45) is 0 Å². The molecule has 2 amide bonds. The van der Waals surface area contributed by atoms with Crippen LogP contribution in [0.15, 0.2) is 48.5 Å². The van der Waals surface area contributed by atoms with E-state index in [0.717, 1.165) is 34.7 Å². The van der Waals surface area contributed by atoms with Crippen molar-refractivity contribution in [1.82, 2.24) is 0 Å². The van der Waals surface area contributed by atoms with Gasteiger partial charge in [0.2, 0.25) is 0 Å². The van der Waals surface area contributed by atoms with Crippen molar-refractivity contribution < 1.29 is 14.5 Å². The molecule has 0 aliphatic rings. The van der Waals surface area contributed by atoms with E-state index >= 15 is 0 Å². The van der Waals surface area contributed by atoms with Crippen molar-refractivity contribution in [3.05, 3.63) is 59.7 Å². The van der Waals surface area contributed by atoms with Crippen LogP contribution in [-0.2, 0) is 22.4 Å². The first-order chi connectivity index (χ1) is 12.5. The maximum absolute atomic E-state index is 12.2. The molecule has 0 saturated carbocycles. The highest BCUT2D eigenvalue weighted by Crippen LogP contribution is 2.14. The van der Waals surface area contributed by atoms with E-state index in [0.29, 0.717) is 0 Å². The summed E-state index contributed by atoms with van der Waals surface area (Å²) < 4.78 is 0. The molecule has 0 bridgehead atoms. The monoisotopic (exact) mass is 354 g/mol. The van der Waals surface area contributed by atoms with Gasteiger partial charge in [0.05, 0.1) is 7.05 Å². The molecule has 1 unspecified atom stereocenters. The van der Waals surface area contributed by atoms with Crippen LogP contribution in [0.4, 0.5) is 11.4 Å². The smallest absolute Gasteiger partial charge is 0.279 e. The molecule has 0 heterocycles. The summed E-state index contributed by atoms with van der Waals surface area (Å²) in [6.45, 7) is 4.62. The predicted molar refractivity (Wildman–Crippen MR) is 106 cm³/mol. The molecule has 3 N–H and O–H groups in total. The Morgan fingerprint density at radius 2 is 1.46 bits per heavy atom. The van der Waals surface area contributed by atoms with Crippen molar-refractivity contribution in [2.75, 3.05) is 30.8 Å². The van der Waals surface area contributed by atoms with E-state index in [2.05, 4.69) is 24.5 Å². The van der Waals surface area contributed by atoms with Gasteiger partial charge in [0, 0.05) is 11.4 Å². The van der Waals surface area contributed by atoms with Gasteiger partial charge in [-0.05, 0) is 42.2 Å². The van der Waals surface area contributed by atoms with Crippen molar-refractivity contribution in [1.29, 1.82) is 0 Å². The van der Waals surface area contributed by atoms with Crippen molar-refractivity contribution >= 4 is 23.2 Å². The fraction of sp³-hybridized carbons (Fsp3) is 0.333. The molecule has 2 aromatic carbocycles. The number of nitrogens with one attached hydrogen (secondary N) is 3. The summed E-state index contributed by atoms with van der Waals surface area (Å²) >= 11 is 0. The van der Waals surface area contributed by atoms with Crippen LogP contribution in [0.5, 0.6) is 0 Å². The van der Waals surface area contributed by atoms with E-state index in [-0.39, 0.29) is 24.9 Å². The summed E-state index contributed by atoms with van der Waals surface area (Å²) in [7, 11) is 1.84. The second-order valence-corrected chi connectivity index (χ2v) is 6.47. The van der Waals surface area contributed by atoms with Crippen LogP contribution in [0.2, 0.25) is 0 Å². The Hall–Kier alpha value is -2.66. The lowest BCUT2D eigenvalue weighted by atomic mass is 10.1. The van der Waals surface area contributed by atoms with Gasteiger partial charge in [-0.15, -0.1) is 0 Å². The summed E-state index contributed by atoms with van der Waals surface area (Å²) in [5, 5.41) is 5.81. The SMILES string of the molecule is CCc1ccc(NC(=O)C[NH+](C)CC(=O)Nc2ccccc2CC)cc1. The van der Waals surface area contributed by atoms with Gasteiger partial charge in [-0.2, -0.15) is 0 Å². The number of benzene rings is 2. The van der Waals surface area contributed by atoms with E-state index in [1.807, 2.05) is 55.6 Å². The molecule has 0 spiro atoms. The number of quaternary nitrogens is 1. The molecule has 0 fully saturated rings. The third-order valence-corrected chi connectivity index (χ3v) is 4.24. The molecular formula is C21H28N3O2+. The van der Waals surface area contributed by atoms with Gasteiger partial charge in [-0.25, -0.2) is 0 Å². The number of likely N-dealkylation sites (N-methyl/N-ethyl adjacent to an activating group) is 1. The largest absolute Gasteiger partial charge is 0.322 e. The quantitative estimate of drug-likeness (QED) is 0.678. The van der Waals surface area contributed by atoms with Crippen molar-refractivity contribution in [2.45, 2.75) is 26.7 Å². The molecular weight excluding hydrogens is 326 g/mol. The van der Waals surface area contributed by atoms with Crippen molar-refractivity contribution in [3.63, 3.8) is 0 Å². The molecule has 0 radical (unpaired) electrons. The molecule has 5 heteroatoms. The Morgan fingerprint density at radius 1 is 0.846 bits per heavy atom. The fourth-order valence-corrected chi connectivity index (χ4v) is 2.78. The molecule has 138 valence electrons. The number of hydrogen-bond donors (Lipinski definition) is 3. The molecule has 26 heavy (non-hydrogen) atoms. The molecule has 2 aromatic rings. The Balaban J connectivity index is 1.82. The number of rotatable bonds is 8. The van der Waals surface area contributed by atoms with Crippen LogP contribution in [0, 0.1) is 0 Å².